The Morgan fingerprint density at radius 3 is 2.25 bits per heavy atom. The highest BCUT2D eigenvalue weighted by Gasteiger charge is 2.18. The minimum absolute atomic E-state index is 0.263. The minimum atomic E-state index is 0.263. The highest BCUT2D eigenvalue weighted by Crippen LogP contribution is 2.34. The summed E-state index contributed by atoms with van der Waals surface area (Å²) in [4.78, 5) is 2.14. The molecule has 0 atom stereocenters. The molecule has 1 aromatic carbocycles. The van der Waals surface area contributed by atoms with Gasteiger partial charge in [0.25, 0.3) is 0 Å². The number of benzene rings is 1. The molecule has 16 heavy (non-hydrogen) atoms. The quantitative estimate of drug-likeness (QED) is 0.776. The van der Waals surface area contributed by atoms with Gasteiger partial charge in [-0.25, -0.2) is 0 Å². The summed E-state index contributed by atoms with van der Waals surface area (Å²) in [6, 6.07) is 6.22. The lowest BCUT2D eigenvalue weighted by Crippen LogP contribution is -2.16. The van der Waals surface area contributed by atoms with Crippen molar-refractivity contribution in [1.29, 1.82) is 0 Å². The van der Waals surface area contributed by atoms with Crippen LogP contribution in [-0.4, -0.2) is 21.2 Å². The van der Waals surface area contributed by atoms with Crippen LogP contribution in [0.15, 0.2) is 18.2 Å². The van der Waals surface area contributed by atoms with Gasteiger partial charge in [-0.3, -0.25) is 0 Å². The lowest BCUT2D eigenvalue weighted by atomic mass is 9.87. The van der Waals surface area contributed by atoms with Crippen molar-refractivity contribution in [2.45, 2.75) is 27.2 Å². The van der Waals surface area contributed by atoms with E-state index in [1.807, 2.05) is 12.1 Å². The van der Waals surface area contributed by atoms with Gasteiger partial charge in [-0.2, -0.15) is 0 Å². The summed E-state index contributed by atoms with van der Waals surface area (Å²) < 4.78 is 5.46. The van der Waals surface area contributed by atoms with Crippen LogP contribution in [-0.2, 0) is 6.42 Å². The van der Waals surface area contributed by atoms with Gasteiger partial charge in [0.15, 0.2) is 0 Å². The fourth-order valence-electron chi connectivity index (χ4n) is 1.87. The highest BCUT2D eigenvalue weighted by molar-refractivity contribution is 5.59. The number of methoxy groups -OCH3 is 1. The molecule has 90 valence electrons. The zero-order valence-electron chi connectivity index (χ0n) is 11.3. The molecule has 0 aromatic heterocycles. The summed E-state index contributed by atoms with van der Waals surface area (Å²) in [6.07, 6.45) is 1.02. The Morgan fingerprint density at radius 1 is 1.19 bits per heavy atom. The van der Waals surface area contributed by atoms with Crippen molar-refractivity contribution in [1.82, 2.24) is 0 Å². The zero-order valence-corrected chi connectivity index (χ0v) is 11.3. The molecule has 1 aromatic rings. The molecule has 2 nitrogen and oxygen atoms in total. The molecular weight excluding hydrogens is 198 g/mol. The van der Waals surface area contributed by atoms with E-state index in [0.29, 0.717) is 0 Å². The molecule has 0 radical (unpaired) electrons. The molecule has 0 bridgehead atoms. The fourth-order valence-corrected chi connectivity index (χ4v) is 1.87. The summed E-state index contributed by atoms with van der Waals surface area (Å²) in [5, 5.41) is 0. The van der Waals surface area contributed by atoms with Crippen molar-refractivity contribution in [3.05, 3.63) is 23.8 Å². The molecule has 0 spiro atoms. The molecule has 0 aliphatic heterocycles. The SMILES string of the molecule is COc1cccc(N(C)C)c1CC(C)(C)C. The molecule has 0 saturated heterocycles. The van der Waals surface area contributed by atoms with Gasteiger partial charge in [0, 0.05) is 25.3 Å². The van der Waals surface area contributed by atoms with Crippen LogP contribution in [0.2, 0.25) is 0 Å². The molecule has 1 rings (SSSR count). The van der Waals surface area contributed by atoms with Crippen LogP contribution in [0.25, 0.3) is 0 Å². The Morgan fingerprint density at radius 2 is 1.81 bits per heavy atom. The summed E-state index contributed by atoms with van der Waals surface area (Å²) in [5.41, 5.74) is 2.80. The first-order valence-corrected chi connectivity index (χ1v) is 5.68. The molecule has 0 N–H and O–H groups in total. The Labute approximate surface area is 99.2 Å². The molecule has 0 aliphatic carbocycles. The van der Waals surface area contributed by atoms with Crippen molar-refractivity contribution in [2.24, 2.45) is 5.41 Å². The predicted octanol–water partition coefficient (Wildman–Crippen LogP) is 3.35. The summed E-state index contributed by atoms with van der Waals surface area (Å²) in [5.74, 6) is 0.987. The smallest absolute Gasteiger partial charge is 0.124 e. The topological polar surface area (TPSA) is 12.5 Å². The van der Waals surface area contributed by atoms with E-state index in [1.165, 1.54) is 11.3 Å². The first-order chi connectivity index (χ1) is 7.35. The highest BCUT2D eigenvalue weighted by atomic mass is 16.5. The second-order valence-corrected chi connectivity index (χ2v) is 5.59. The van der Waals surface area contributed by atoms with Gasteiger partial charge in [-0.05, 0) is 24.0 Å². The van der Waals surface area contributed by atoms with E-state index in [9.17, 15) is 0 Å². The van der Waals surface area contributed by atoms with Crippen LogP contribution in [0.3, 0.4) is 0 Å². The van der Waals surface area contributed by atoms with Gasteiger partial charge in [-0.15, -0.1) is 0 Å². The maximum absolute atomic E-state index is 5.46. The maximum atomic E-state index is 5.46. The van der Waals surface area contributed by atoms with Gasteiger partial charge < -0.3 is 9.64 Å². The third-order valence-corrected chi connectivity index (χ3v) is 2.52. The van der Waals surface area contributed by atoms with E-state index in [0.717, 1.165) is 12.2 Å². The van der Waals surface area contributed by atoms with Crippen LogP contribution < -0.4 is 9.64 Å². The molecule has 0 aliphatic rings. The third-order valence-electron chi connectivity index (χ3n) is 2.52. The van der Waals surface area contributed by atoms with E-state index >= 15 is 0 Å². The van der Waals surface area contributed by atoms with E-state index in [2.05, 4.69) is 45.8 Å². The molecular formula is C14H23NO. The van der Waals surface area contributed by atoms with Gasteiger partial charge in [0.2, 0.25) is 0 Å². The summed E-state index contributed by atoms with van der Waals surface area (Å²) in [7, 11) is 5.88. The van der Waals surface area contributed by atoms with Gasteiger partial charge >= 0.3 is 0 Å². The van der Waals surface area contributed by atoms with Crippen molar-refractivity contribution < 1.29 is 4.74 Å². The molecule has 0 fully saturated rings. The van der Waals surface area contributed by atoms with E-state index in [-0.39, 0.29) is 5.41 Å². The van der Waals surface area contributed by atoms with Gasteiger partial charge in [-0.1, -0.05) is 26.8 Å². The average molecular weight is 221 g/mol. The second kappa shape index (κ2) is 4.77. The number of ether oxygens (including phenoxy) is 1. The molecule has 0 saturated carbocycles. The standard InChI is InChI=1S/C14H23NO/c1-14(2,3)10-11-12(15(4)5)8-7-9-13(11)16-6/h7-9H,10H2,1-6H3. The minimum Gasteiger partial charge on any atom is -0.496 e. The van der Waals surface area contributed by atoms with E-state index in [4.69, 9.17) is 4.74 Å². The van der Waals surface area contributed by atoms with Crippen molar-refractivity contribution in [3.8, 4) is 5.75 Å². The van der Waals surface area contributed by atoms with Crippen molar-refractivity contribution >= 4 is 5.69 Å². The predicted molar refractivity (Wildman–Crippen MR) is 70.5 cm³/mol. The Kier molecular flexibility index (Phi) is 3.84. The molecule has 2 heteroatoms. The second-order valence-electron chi connectivity index (χ2n) is 5.59. The molecule has 0 unspecified atom stereocenters. The average Bonchev–Trinajstić information content (AvgIpc) is 2.15. The normalized spacial score (nSPS) is 11.4. The van der Waals surface area contributed by atoms with Crippen LogP contribution in [0.5, 0.6) is 5.75 Å². The van der Waals surface area contributed by atoms with Gasteiger partial charge in [0.05, 0.1) is 7.11 Å². The number of nitrogens with zero attached hydrogens (tertiary/aromatic N) is 1. The van der Waals surface area contributed by atoms with Crippen LogP contribution in [0.1, 0.15) is 26.3 Å². The fraction of sp³-hybridized carbons (Fsp3) is 0.571. The zero-order chi connectivity index (χ0) is 12.3. The summed E-state index contributed by atoms with van der Waals surface area (Å²) in [6.45, 7) is 6.75. The largest absolute Gasteiger partial charge is 0.496 e. The van der Waals surface area contributed by atoms with E-state index in [1.54, 1.807) is 7.11 Å². The van der Waals surface area contributed by atoms with Gasteiger partial charge in [0.1, 0.15) is 5.75 Å². The Hall–Kier alpha value is -1.18. The monoisotopic (exact) mass is 221 g/mol. The first-order valence-electron chi connectivity index (χ1n) is 5.68. The molecule has 0 heterocycles. The Balaban J connectivity index is 3.20. The lowest BCUT2D eigenvalue weighted by molar-refractivity contribution is 0.379. The maximum Gasteiger partial charge on any atom is 0.124 e. The Bertz CT molecular complexity index is 350. The van der Waals surface area contributed by atoms with Crippen LogP contribution in [0, 0.1) is 5.41 Å². The number of anilines is 1. The van der Waals surface area contributed by atoms with Crippen LogP contribution in [0.4, 0.5) is 5.69 Å². The van der Waals surface area contributed by atoms with E-state index < -0.39 is 0 Å². The first kappa shape index (κ1) is 12.9. The number of hydrogen-bond donors (Lipinski definition) is 0. The van der Waals surface area contributed by atoms with Crippen molar-refractivity contribution in [3.63, 3.8) is 0 Å². The summed E-state index contributed by atoms with van der Waals surface area (Å²) >= 11 is 0. The number of rotatable bonds is 3. The lowest BCUT2D eigenvalue weighted by Gasteiger charge is -2.25. The van der Waals surface area contributed by atoms with Crippen LogP contribution >= 0.6 is 0 Å². The third kappa shape index (κ3) is 3.16. The van der Waals surface area contributed by atoms with Crippen molar-refractivity contribution in [2.75, 3.05) is 26.1 Å². The number of hydrogen-bond acceptors (Lipinski definition) is 2. The molecule has 0 amide bonds.